The van der Waals surface area contributed by atoms with E-state index in [0.29, 0.717) is 17.3 Å². The van der Waals surface area contributed by atoms with Crippen LogP contribution in [-0.4, -0.2) is 56.3 Å². The molecule has 222 valence electrons. The van der Waals surface area contributed by atoms with Crippen LogP contribution in [0.15, 0.2) is 18.5 Å². The quantitative estimate of drug-likeness (QED) is 0.437. The minimum absolute atomic E-state index is 0.0246. The van der Waals surface area contributed by atoms with Crippen molar-refractivity contribution in [1.82, 2.24) is 20.6 Å². The van der Waals surface area contributed by atoms with Crippen molar-refractivity contribution < 1.29 is 19.1 Å². The van der Waals surface area contributed by atoms with Gasteiger partial charge in [0.1, 0.15) is 12.2 Å². The smallest absolute Gasteiger partial charge is 0.341 e. The summed E-state index contributed by atoms with van der Waals surface area (Å²) < 4.78 is 11.8. The monoisotopic (exact) mass is 554 g/mol. The van der Waals surface area contributed by atoms with E-state index in [1.807, 2.05) is 6.08 Å². The van der Waals surface area contributed by atoms with Crippen molar-refractivity contribution in [3.05, 3.63) is 29.9 Å². The van der Waals surface area contributed by atoms with Gasteiger partial charge in [0.25, 0.3) is 0 Å². The first-order valence-corrected chi connectivity index (χ1v) is 15.0. The zero-order chi connectivity index (χ0) is 29.3. The van der Waals surface area contributed by atoms with Crippen LogP contribution in [0, 0.1) is 11.8 Å². The molecule has 0 amide bonds. The first kappa shape index (κ1) is 30.6. The lowest BCUT2D eigenvalue weighted by Crippen LogP contribution is -2.59. The van der Waals surface area contributed by atoms with Crippen molar-refractivity contribution >= 4 is 18.0 Å². The third-order valence-electron chi connectivity index (χ3n) is 8.39. The first-order valence-electron chi connectivity index (χ1n) is 15.0. The zero-order valence-electron chi connectivity index (χ0n) is 25.8. The SMILES string of the molecule is CC1(C)CC(OC(=O)c2cnc(/C=C/C3CCC(C(=O)OC4CC(C)(C)NC(C)(C)C4)CC3)nc2)CC(C)(C)N1. The molecule has 0 bridgehead atoms. The number of aromatic nitrogens is 2. The number of hydrogen-bond donors (Lipinski definition) is 2. The van der Waals surface area contributed by atoms with Crippen molar-refractivity contribution in [2.75, 3.05) is 0 Å². The van der Waals surface area contributed by atoms with Crippen LogP contribution in [0.4, 0.5) is 0 Å². The maximum Gasteiger partial charge on any atom is 0.341 e. The maximum atomic E-state index is 12.9. The zero-order valence-corrected chi connectivity index (χ0v) is 25.8. The van der Waals surface area contributed by atoms with E-state index in [4.69, 9.17) is 9.47 Å². The van der Waals surface area contributed by atoms with Crippen LogP contribution in [0.3, 0.4) is 0 Å². The average molecular weight is 555 g/mol. The van der Waals surface area contributed by atoms with Gasteiger partial charge >= 0.3 is 11.9 Å². The topological polar surface area (TPSA) is 102 Å². The number of piperidine rings is 2. The number of ether oxygens (including phenoxy) is 2. The number of nitrogens with zero attached hydrogens (tertiary/aromatic N) is 2. The number of esters is 2. The van der Waals surface area contributed by atoms with Crippen LogP contribution in [0.1, 0.15) is 123 Å². The molecule has 0 radical (unpaired) electrons. The average Bonchev–Trinajstić information content (AvgIpc) is 2.79. The Morgan fingerprint density at radius 1 is 0.750 bits per heavy atom. The number of hydrogen-bond acceptors (Lipinski definition) is 8. The van der Waals surface area contributed by atoms with Crippen molar-refractivity contribution in [1.29, 1.82) is 0 Å². The molecular formula is C32H50N4O4. The van der Waals surface area contributed by atoms with E-state index >= 15 is 0 Å². The first-order chi connectivity index (χ1) is 18.5. The molecule has 1 saturated carbocycles. The third kappa shape index (κ3) is 8.59. The molecule has 40 heavy (non-hydrogen) atoms. The molecule has 0 aromatic carbocycles. The van der Waals surface area contributed by atoms with Crippen molar-refractivity contribution in [3.8, 4) is 0 Å². The molecule has 3 fully saturated rings. The Morgan fingerprint density at radius 2 is 1.20 bits per heavy atom. The Bertz CT molecular complexity index is 1050. The number of carbonyl (C=O) groups is 2. The Morgan fingerprint density at radius 3 is 1.68 bits per heavy atom. The van der Waals surface area contributed by atoms with E-state index in [1.165, 1.54) is 0 Å². The van der Waals surface area contributed by atoms with Gasteiger partial charge in [0, 0.05) is 60.2 Å². The van der Waals surface area contributed by atoms with Gasteiger partial charge in [-0.2, -0.15) is 0 Å². The van der Waals surface area contributed by atoms with Crippen LogP contribution < -0.4 is 10.6 Å². The van der Waals surface area contributed by atoms with Gasteiger partial charge in [-0.05, 0) is 93.1 Å². The van der Waals surface area contributed by atoms with Crippen LogP contribution >= 0.6 is 0 Å². The fraction of sp³-hybridized carbons (Fsp3) is 0.750. The summed E-state index contributed by atoms with van der Waals surface area (Å²) in [5, 5.41) is 7.25. The lowest BCUT2D eigenvalue weighted by atomic mass is 9.80. The molecule has 1 aromatic rings. The summed E-state index contributed by atoms with van der Waals surface area (Å²) in [6, 6.07) is 0. The molecule has 2 saturated heterocycles. The van der Waals surface area contributed by atoms with E-state index in [1.54, 1.807) is 12.4 Å². The predicted octanol–water partition coefficient (Wildman–Crippen LogP) is 5.61. The maximum absolute atomic E-state index is 12.9. The second-order valence-corrected chi connectivity index (χ2v) is 15.0. The molecule has 0 unspecified atom stereocenters. The summed E-state index contributed by atoms with van der Waals surface area (Å²) >= 11 is 0. The molecule has 8 heteroatoms. The summed E-state index contributed by atoms with van der Waals surface area (Å²) in [4.78, 5) is 34.4. The molecule has 0 spiro atoms. The third-order valence-corrected chi connectivity index (χ3v) is 8.39. The molecule has 4 rings (SSSR count). The fourth-order valence-corrected chi connectivity index (χ4v) is 7.40. The van der Waals surface area contributed by atoms with Gasteiger partial charge < -0.3 is 20.1 Å². The predicted molar refractivity (Wildman–Crippen MR) is 157 cm³/mol. The van der Waals surface area contributed by atoms with Crippen LogP contribution in [0.5, 0.6) is 0 Å². The van der Waals surface area contributed by atoms with Gasteiger partial charge in [0.05, 0.1) is 11.5 Å². The Kier molecular flexibility index (Phi) is 8.82. The minimum atomic E-state index is -0.379. The van der Waals surface area contributed by atoms with E-state index in [2.05, 4.69) is 82.1 Å². The highest BCUT2D eigenvalue weighted by molar-refractivity contribution is 5.88. The molecule has 1 aromatic heterocycles. The highest BCUT2D eigenvalue weighted by Crippen LogP contribution is 2.35. The Labute approximate surface area is 240 Å². The number of rotatable bonds is 6. The molecule has 2 N–H and O–H groups in total. The van der Waals surface area contributed by atoms with Crippen molar-refractivity contribution in [2.45, 2.75) is 141 Å². The minimum Gasteiger partial charge on any atom is -0.462 e. The summed E-state index contributed by atoms with van der Waals surface area (Å²) in [7, 11) is 0. The molecule has 1 aliphatic carbocycles. The van der Waals surface area contributed by atoms with E-state index in [9.17, 15) is 9.59 Å². The van der Waals surface area contributed by atoms with Gasteiger partial charge in [0.15, 0.2) is 5.82 Å². The van der Waals surface area contributed by atoms with Gasteiger partial charge in [0.2, 0.25) is 0 Å². The van der Waals surface area contributed by atoms with Gasteiger partial charge in [-0.1, -0.05) is 6.08 Å². The van der Waals surface area contributed by atoms with Crippen LogP contribution in [0.25, 0.3) is 6.08 Å². The summed E-state index contributed by atoms with van der Waals surface area (Å²) in [6.45, 7) is 17.2. The summed E-state index contributed by atoms with van der Waals surface area (Å²) in [5.41, 5.74) is 0.0809. The van der Waals surface area contributed by atoms with Gasteiger partial charge in [-0.25, -0.2) is 14.8 Å². The van der Waals surface area contributed by atoms with E-state index in [0.717, 1.165) is 51.4 Å². The highest BCUT2D eigenvalue weighted by Gasteiger charge is 2.41. The van der Waals surface area contributed by atoms with Crippen molar-refractivity contribution in [3.63, 3.8) is 0 Å². The molecule has 8 nitrogen and oxygen atoms in total. The molecule has 3 aliphatic rings. The standard InChI is InChI=1S/C32H50N4O4/c1-29(2)15-24(16-30(3,4)35-29)39-27(37)22-12-9-21(10-13-22)11-14-26-33-19-23(20-34-26)28(38)40-25-17-31(5,6)36-32(7,8)18-25/h11,14,19-22,24-25,35-36H,9-10,12-13,15-18H2,1-8H3/b14-11+. The van der Waals surface area contributed by atoms with Gasteiger partial charge in [-0.3, -0.25) is 4.79 Å². The van der Waals surface area contributed by atoms with Crippen LogP contribution in [-0.2, 0) is 14.3 Å². The molecular weight excluding hydrogens is 504 g/mol. The largest absolute Gasteiger partial charge is 0.462 e. The summed E-state index contributed by atoms with van der Waals surface area (Å²) in [6.07, 6.45) is 13.7. The lowest BCUT2D eigenvalue weighted by Gasteiger charge is -2.46. The molecule has 3 heterocycles. The van der Waals surface area contributed by atoms with Crippen LogP contribution in [0.2, 0.25) is 0 Å². The molecule has 0 atom stereocenters. The number of carbonyl (C=O) groups excluding carboxylic acids is 2. The molecule has 2 aliphatic heterocycles. The van der Waals surface area contributed by atoms with E-state index in [-0.39, 0.29) is 52.2 Å². The number of allylic oxidation sites excluding steroid dienone is 1. The second-order valence-electron chi connectivity index (χ2n) is 15.0. The van der Waals surface area contributed by atoms with E-state index < -0.39 is 0 Å². The highest BCUT2D eigenvalue weighted by atomic mass is 16.5. The Hall–Kier alpha value is -2.32. The fourth-order valence-electron chi connectivity index (χ4n) is 7.40. The number of nitrogens with one attached hydrogen (secondary N) is 2. The van der Waals surface area contributed by atoms with Crippen molar-refractivity contribution in [2.24, 2.45) is 11.8 Å². The lowest BCUT2D eigenvalue weighted by molar-refractivity contribution is -0.159. The normalized spacial score (nSPS) is 28.2. The van der Waals surface area contributed by atoms with Gasteiger partial charge in [-0.15, -0.1) is 0 Å². The Balaban J connectivity index is 1.23. The second kappa shape index (κ2) is 11.5. The summed E-state index contributed by atoms with van der Waals surface area (Å²) in [5.74, 6) is 0.502.